The monoisotopic (exact) mass is 172 g/mol. The van der Waals surface area contributed by atoms with E-state index < -0.39 is 0 Å². The van der Waals surface area contributed by atoms with Gasteiger partial charge in [0.15, 0.2) is 5.76 Å². The molecule has 64 valence electrons. The molecule has 0 amide bonds. The summed E-state index contributed by atoms with van der Waals surface area (Å²) >= 11 is 0. The Bertz CT molecular complexity index is 406. The van der Waals surface area contributed by atoms with Crippen molar-refractivity contribution in [1.29, 1.82) is 5.41 Å². The molecule has 0 spiro atoms. The van der Waals surface area contributed by atoms with E-state index in [1.807, 2.05) is 30.3 Å². The SMILES string of the molecule is N=Cc1cnc(-c2ccccc2)o1. The molecule has 1 aromatic heterocycles. The molecule has 13 heavy (non-hydrogen) atoms. The van der Waals surface area contributed by atoms with Crippen LogP contribution in [-0.4, -0.2) is 11.2 Å². The maximum absolute atomic E-state index is 6.96. The Morgan fingerprint density at radius 3 is 2.62 bits per heavy atom. The quantitative estimate of drug-likeness (QED) is 0.707. The van der Waals surface area contributed by atoms with E-state index in [0.717, 1.165) is 11.8 Å². The molecule has 0 aliphatic heterocycles. The summed E-state index contributed by atoms with van der Waals surface area (Å²) in [5.41, 5.74) is 0.926. The Morgan fingerprint density at radius 1 is 1.23 bits per heavy atom. The fourth-order valence-electron chi connectivity index (χ4n) is 1.07. The molecule has 0 fully saturated rings. The lowest BCUT2D eigenvalue weighted by molar-refractivity contribution is 0.567. The number of nitrogens with zero attached hydrogens (tertiary/aromatic N) is 1. The average molecular weight is 172 g/mol. The number of hydrogen-bond donors (Lipinski definition) is 1. The van der Waals surface area contributed by atoms with E-state index in [2.05, 4.69) is 4.98 Å². The summed E-state index contributed by atoms with van der Waals surface area (Å²) in [6.45, 7) is 0. The van der Waals surface area contributed by atoms with Gasteiger partial charge in [0.25, 0.3) is 0 Å². The third-order valence-electron chi connectivity index (χ3n) is 1.69. The van der Waals surface area contributed by atoms with E-state index in [9.17, 15) is 0 Å². The topological polar surface area (TPSA) is 49.9 Å². The van der Waals surface area contributed by atoms with Crippen molar-refractivity contribution in [3.63, 3.8) is 0 Å². The highest BCUT2D eigenvalue weighted by atomic mass is 16.4. The second kappa shape index (κ2) is 3.23. The Kier molecular flexibility index (Phi) is 1.92. The fraction of sp³-hybridized carbons (Fsp3) is 0. The molecule has 0 saturated heterocycles. The van der Waals surface area contributed by atoms with Gasteiger partial charge in [0.05, 0.1) is 12.4 Å². The van der Waals surface area contributed by atoms with Gasteiger partial charge in [-0.3, -0.25) is 0 Å². The Hall–Kier alpha value is -1.90. The lowest BCUT2D eigenvalue weighted by Gasteiger charge is -1.91. The largest absolute Gasteiger partial charge is 0.435 e. The van der Waals surface area contributed by atoms with Gasteiger partial charge in [-0.2, -0.15) is 0 Å². The second-order valence-corrected chi connectivity index (χ2v) is 2.58. The predicted octanol–water partition coefficient (Wildman–Crippen LogP) is 2.34. The summed E-state index contributed by atoms with van der Waals surface area (Å²) < 4.78 is 5.26. The van der Waals surface area contributed by atoms with E-state index in [1.54, 1.807) is 0 Å². The highest BCUT2D eigenvalue weighted by Crippen LogP contribution is 2.17. The molecule has 1 N–H and O–H groups in total. The highest BCUT2D eigenvalue weighted by molar-refractivity contribution is 5.73. The van der Waals surface area contributed by atoms with Crippen molar-refractivity contribution in [1.82, 2.24) is 4.98 Å². The maximum Gasteiger partial charge on any atom is 0.226 e. The predicted molar refractivity (Wildman–Crippen MR) is 49.8 cm³/mol. The zero-order chi connectivity index (χ0) is 9.10. The number of nitrogens with one attached hydrogen (secondary N) is 1. The van der Waals surface area contributed by atoms with Crippen LogP contribution in [0.1, 0.15) is 5.76 Å². The van der Waals surface area contributed by atoms with Crippen LogP contribution in [0.15, 0.2) is 40.9 Å². The summed E-state index contributed by atoms with van der Waals surface area (Å²) in [7, 11) is 0. The van der Waals surface area contributed by atoms with E-state index in [-0.39, 0.29) is 0 Å². The van der Waals surface area contributed by atoms with E-state index in [0.29, 0.717) is 11.7 Å². The summed E-state index contributed by atoms with van der Waals surface area (Å²) in [4.78, 5) is 4.04. The van der Waals surface area contributed by atoms with Gasteiger partial charge < -0.3 is 9.83 Å². The first-order valence-electron chi connectivity index (χ1n) is 3.92. The molecule has 3 heteroatoms. The lowest BCUT2D eigenvalue weighted by atomic mass is 10.2. The van der Waals surface area contributed by atoms with Crippen LogP contribution in [0.2, 0.25) is 0 Å². The molecular formula is C10H8N2O. The number of hydrogen-bond acceptors (Lipinski definition) is 3. The lowest BCUT2D eigenvalue weighted by Crippen LogP contribution is -1.73. The molecule has 2 rings (SSSR count). The van der Waals surface area contributed by atoms with Crippen LogP contribution in [0.4, 0.5) is 0 Å². The molecule has 1 aromatic carbocycles. The molecule has 0 bridgehead atoms. The van der Waals surface area contributed by atoms with Crippen molar-refractivity contribution in [2.75, 3.05) is 0 Å². The van der Waals surface area contributed by atoms with Crippen LogP contribution in [0.5, 0.6) is 0 Å². The van der Waals surface area contributed by atoms with Crippen LogP contribution < -0.4 is 0 Å². The zero-order valence-corrected chi connectivity index (χ0v) is 6.90. The molecular weight excluding hydrogens is 164 g/mol. The molecule has 3 nitrogen and oxygen atoms in total. The minimum Gasteiger partial charge on any atom is -0.435 e. The van der Waals surface area contributed by atoms with E-state index in [1.165, 1.54) is 6.20 Å². The first kappa shape index (κ1) is 7.73. The number of benzene rings is 1. The normalized spacial score (nSPS) is 9.85. The number of rotatable bonds is 2. The molecule has 0 aliphatic carbocycles. The van der Waals surface area contributed by atoms with Gasteiger partial charge in [-0.1, -0.05) is 18.2 Å². The minimum atomic E-state index is 0.471. The third-order valence-corrected chi connectivity index (χ3v) is 1.69. The Labute approximate surface area is 75.6 Å². The first-order chi connectivity index (χ1) is 6.40. The van der Waals surface area contributed by atoms with Crippen molar-refractivity contribution in [2.45, 2.75) is 0 Å². The van der Waals surface area contributed by atoms with Gasteiger partial charge in [-0.15, -0.1) is 0 Å². The molecule has 0 aliphatic rings. The number of aromatic nitrogens is 1. The molecule has 0 saturated carbocycles. The summed E-state index contributed by atoms with van der Waals surface area (Å²) in [5, 5.41) is 6.96. The number of oxazole rings is 1. The second-order valence-electron chi connectivity index (χ2n) is 2.58. The van der Waals surface area contributed by atoms with Crippen LogP contribution >= 0.6 is 0 Å². The van der Waals surface area contributed by atoms with Gasteiger partial charge in [-0.25, -0.2) is 4.98 Å². The van der Waals surface area contributed by atoms with Crippen molar-refractivity contribution < 1.29 is 4.42 Å². The average Bonchev–Trinajstić information content (AvgIpc) is 2.67. The standard InChI is InChI=1S/C10H8N2O/c11-6-9-7-12-10(13-9)8-4-2-1-3-5-8/h1-7,11H. The van der Waals surface area contributed by atoms with Gasteiger partial charge in [0.1, 0.15) is 0 Å². The summed E-state index contributed by atoms with van der Waals surface area (Å²) in [5.74, 6) is 1.03. The summed E-state index contributed by atoms with van der Waals surface area (Å²) in [6, 6.07) is 9.61. The van der Waals surface area contributed by atoms with Crippen molar-refractivity contribution in [3.05, 3.63) is 42.3 Å². The maximum atomic E-state index is 6.96. The van der Waals surface area contributed by atoms with Crippen molar-refractivity contribution in [2.24, 2.45) is 0 Å². The molecule has 1 heterocycles. The van der Waals surface area contributed by atoms with Crippen LogP contribution in [-0.2, 0) is 0 Å². The van der Waals surface area contributed by atoms with Gasteiger partial charge in [0.2, 0.25) is 5.89 Å². The van der Waals surface area contributed by atoms with E-state index in [4.69, 9.17) is 9.83 Å². The highest BCUT2D eigenvalue weighted by Gasteiger charge is 2.02. The van der Waals surface area contributed by atoms with Crippen molar-refractivity contribution >= 4 is 6.21 Å². The minimum absolute atomic E-state index is 0.471. The van der Waals surface area contributed by atoms with Gasteiger partial charge >= 0.3 is 0 Å². The third kappa shape index (κ3) is 1.49. The zero-order valence-electron chi connectivity index (χ0n) is 6.90. The fourth-order valence-corrected chi connectivity index (χ4v) is 1.07. The Balaban J connectivity index is 2.41. The molecule has 2 aromatic rings. The van der Waals surface area contributed by atoms with Crippen molar-refractivity contribution in [3.8, 4) is 11.5 Å². The molecule has 0 atom stereocenters. The van der Waals surface area contributed by atoms with Gasteiger partial charge in [-0.05, 0) is 12.1 Å². The van der Waals surface area contributed by atoms with Crippen LogP contribution in [0.3, 0.4) is 0 Å². The van der Waals surface area contributed by atoms with Gasteiger partial charge in [0, 0.05) is 5.56 Å². The molecule has 0 unspecified atom stereocenters. The first-order valence-corrected chi connectivity index (χ1v) is 3.92. The van der Waals surface area contributed by atoms with E-state index >= 15 is 0 Å². The summed E-state index contributed by atoms with van der Waals surface area (Å²) in [6.07, 6.45) is 2.68. The van der Waals surface area contributed by atoms with Crippen LogP contribution in [0, 0.1) is 5.41 Å². The Morgan fingerprint density at radius 2 is 2.00 bits per heavy atom. The molecule has 0 radical (unpaired) electrons. The van der Waals surface area contributed by atoms with Crippen LogP contribution in [0.25, 0.3) is 11.5 Å². The smallest absolute Gasteiger partial charge is 0.226 e.